The van der Waals surface area contributed by atoms with E-state index in [4.69, 9.17) is 9.47 Å². The minimum Gasteiger partial charge on any atom is -0.493 e. The number of halogens is 1. The number of hydrogen-bond acceptors (Lipinski definition) is 3. The van der Waals surface area contributed by atoms with Crippen LogP contribution in [0, 0.1) is 5.82 Å². The zero-order chi connectivity index (χ0) is 16.7. The third-order valence-corrected chi connectivity index (χ3v) is 3.34. The normalized spacial score (nSPS) is 10.2. The molecule has 0 saturated heterocycles. The topological polar surface area (TPSA) is 47.6 Å². The molecule has 5 heteroatoms. The maximum Gasteiger partial charge on any atom is 0.251 e. The van der Waals surface area contributed by atoms with Gasteiger partial charge < -0.3 is 14.8 Å². The van der Waals surface area contributed by atoms with Crippen LogP contribution in [0.25, 0.3) is 0 Å². The highest BCUT2D eigenvalue weighted by atomic mass is 19.1. The van der Waals surface area contributed by atoms with Crippen molar-refractivity contribution in [3.8, 4) is 11.5 Å². The fraction of sp³-hybridized carbons (Fsp3) is 0.278. The van der Waals surface area contributed by atoms with Crippen LogP contribution in [0.5, 0.6) is 11.5 Å². The third-order valence-electron chi connectivity index (χ3n) is 3.34. The Balaban J connectivity index is 1.94. The molecular formula is C18H20FNO3. The quantitative estimate of drug-likeness (QED) is 0.853. The summed E-state index contributed by atoms with van der Waals surface area (Å²) in [6.07, 6.45) is 0.639. The second-order valence-corrected chi connectivity index (χ2v) is 4.93. The number of carbonyl (C=O) groups is 1. The summed E-state index contributed by atoms with van der Waals surface area (Å²) in [5.74, 6) is 0.686. The molecule has 2 aromatic rings. The van der Waals surface area contributed by atoms with Crippen molar-refractivity contribution in [2.24, 2.45) is 0 Å². The van der Waals surface area contributed by atoms with Crippen LogP contribution in [0.2, 0.25) is 0 Å². The standard InChI is InChI=1S/C18H20FNO3/c1-3-23-17-12-14(6-9-16(17)22-2)18(21)20-11-10-13-4-7-15(19)8-5-13/h4-9,12H,3,10-11H2,1-2H3,(H,20,21). The Hall–Kier alpha value is -2.56. The van der Waals surface area contributed by atoms with Crippen molar-refractivity contribution in [1.82, 2.24) is 5.32 Å². The molecule has 0 atom stereocenters. The summed E-state index contributed by atoms with van der Waals surface area (Å²) in [6, 6.07) is 11.3. The first-order chi connectivity index (χ1) is 11.1. The van der Waals surface area contributed by atoms with Crippen LogP contribution in [0.3, 0.4) is 0 Å². The van der Waals surface area contributed by atoms with Crippen molar-refractivity contribution in [2.45, 2.75) is 13.3 Å². The van der Waals surface area contributed by atoms with Crippen LogP contribution in [-0.4, -0.2) is 26.2 Å². The highest BCUT2D eigenvalue weighted by molar-refractivity contribution is 5.94. The lowest BCUT2D eigenvalue weighted by Crippen LogP contribution is -2.25. The van der Waals surface area contributed by atoms with E-state index in [0.29, 0.717) is 36.6 Å². The molecule has 23 heavy (non-hydrogen) atoms. The molecule has 1 amide bonds. The van der Waals surface area contributed by atoms with Crippen molar-refractivity contribution >= 4 is 5.91 Å². The number of hydrogen-bond donors (Lipinski definition) is 1. The zero-order valence-corrected chi connectivity index (χ0v) is 13.3. The van der Waals surface area contributed by atoms with E-state index in [1.54, 1.807) is 37.4 Å². The van der Waals surface area contributed by atoms with E-state index in [1.165, 1.54) is 12.1 Å². The number of rotatable bonds is 7. The lowest BCUT2D eigenvalue weighted by atomic mass is 10.1. The molecule has 0 spiro atoms. The van der Waals surface area contributed by atoms with Gasteiger partial charge in [-0.05, 0) is 49.2 Å². The number of benzene rings is 2. The van der Waals surface area contributed by atoms with Crippen LogP contribution in [0.1, 0.15) is 22.8 Å². The van der Waals surface area contributed by atoms with Gasteiger partial charge in [-0.15, -0.1) is 0 Å². The van der Waals surface area contributed by atoms with E-state index in [2.05, 4.69) is 5.32 Å². The molecule has 0 fully saturated rings. The summed E-state index contributed by atoms with van der Waals surface area (Å²) < 4.78 is 23.5. The van der Waals surface area contributed by atoms with E-state index in [1.807, 2.05) is 6.92 Å². The van der Waals surface area contributed by atoms with Crippen LogP contribution in [-0.2, 0) is 6.42 Å². The summed E-state index contributed by atoms with van der Waals surface area (Å²) >= 11 is 0. The fourth-order valence-corrected chi connectivity index (χ4v) is 2.16. The molecular weight excluding hydrogens is 297 g/mol. The van der Waals surface area contributed by atoms with Gasteiger partial charge in [0.2, 0.25) is 0 Å². The Kier molecular flexibility index (Phi) is 5.97. The summed E-state index contributed by atoms with van der Waals surface area (Å²) in [4.78, 5) is 12.2. The summed E-state index contributed by atoms with van der Waals surface area (Å²) in [6.45, 7) is 2.83. The average Bonchev–Trinajstić information content (AvgIpc) is 2.57. The predicted octanol–water partition coefficient (Wildman–Crippen LogP) is 3.21. The summed E-state index contributed by atoms with van der Waals surface area (Å²) in [7, 11) is 1.56. The smallest absolute Gasteiger partial charge is 0.251 e. The average molecular weight is 317 g/mol. The van der Waals surface area contributed by atoms with Gasteiger partial charge in [0.1, 0.15) is 5.82 Å². The number of nitrogens with one attached hydrogen (secondary N) is 1. The molecule has 0 aliphatic carbocycles. The van der Waals surface area contributed by atoms with Gasteiger partial charge in [0, 0.05) is 12.1 Å². The highest BCUT2D eigenvalue weighted by Crippen LogP contribution is 2.27. The molecule has 0 radical (unpaired) electrons. The van der Waals surface area contributed by atoms with Crippen LogP contribution in [0.4, 0.5) is 4.39 Å². The molecule has 4 nitrogen and oxygen atoms in total. The number of methoxy groups -OCH3 is 1. The van der Waals surface area contributed by atoms with Gasteiger partial charge in [0.25, 0.3) is 5.91 Å². The van der Waals surface area contributed by atoms with E-state index in [0.717, 1.165) is 5.56 Å². The van der Waals surface area contributed by atoms with E-state index < -0.39 is 0 Å². The third kappa shape index (κ3) is 4.71. The first kappa shape index (κ1) is 16.8. The van der Waals surface area contributed by atoms with E-state index >= 15 is 0 Å². The van der Waals surface area contributed by atoms with Gasteiger partial charge in [-0.2, -0.15) is 0 Å². The molecule has 2 aromatic carbocycles. The van der Waals surface area contributed by atoms with Crippen LogP contribution < -0.4 is 14.8 Å². The number of ether oxygens (including phenoxy) is 2. The molecule has 0 aliphatic heterocycles. The van der Waals surface area contributed by atoms with E-state index in [-0.39, 0.29) is 11.7 Å². The predicted molar refractivity (Wildman–Crippen MR) is 86.6 cm³/mol. The minimum atomic E-state index is -0.264. The summed E-state index contributed by atoms with van der Waals surface area (Å²) in [5.41, 5.74) is 1.48. The van der Waals surface area contributed by atoms with Gasteiger partial charge in [0.05, 0.1) is 13.7 Å². The summed E-state index contributed by atoms with van der Waals surface area (Å²) in [5, 5.41) is 2.84. The molecule has 0 unspecified atom stereocenters. The molecule has 122 valence electrons. The van der Waals surface area contributed by atoms with Crippen LogP contribution in [0.15, 0.2) is 42.5 Å². The van der Waals surface area contributed by atoms with Crippen molar-refractivity contribution in [3.63, 3.8) is 0 Å². The maximum atomic E-state index is 12.8. The Morgan fingerprint density at radius 1 is 1.13 bits per heavy atom. The first-order valence-electron chi connectivity index (χ1n) is 7.47. The lowest BCUT2D eigenvalue weighted by Gasteiger charge is -2.11. The van der Waals surface area contributed by atoms with Gasteiger partial charge in [-0.3, -0.25) is 4.79 Å². The minimum absolute atomic E-state index is 0.185. The van der Waals surface area contributed by atoms with Crippen LogP contribution >= 0.6 is 0 Å². The zero-order valence-electron chi connectivity index (χ0n) is 13.3. The molecule has 0 aliphatic rings. The van der Waals surface area contributed by atoms with Gasteiger partial charge in [0.15, 0.2) is 11.5 Å². The SMILES string of the molecule is CCOc1cc(C(=O)NCCc2ccc(F)cc2)ccc1OC. The fourth-order valence-electron chi connectivity index (χ4n) is 2.16. The van der Waals surface area contributed by atoms with Gasteiger partial charge in [-0.1, -0.05) is 12.1 Å². The Morgan fingerprint density at radius 3 is 2.52 bits per heavy atom. The van der Waals surface area contributed by atoms with Crippen molar-refractivity contribution in [2.75, 3.05) is 20.3 Å². The Bertz CT molecular complexity index is 656. The maximum absolute atomic E-state index is 12.8. The van der Waals surface area contributed by atoms with Crippen molar-refractivity contribution in [3.05, 3.63) is 59.4 Å². The Labute approximate surface area is 135 Å². The van der Waals surface area contributed by atoms with E-state index in [9.17, 15) is 9.18 Å². The molecule has 0 saturated carbocycles. The number of amides is 1. The monoisotopic (exact) mass is 317 g/mol. The Morgan fingerprint density at radius 2 is 1.87 bits per heavy atom. The largest absolute Gasteiger partial charge is 0.493 e. The number of carbonyl (C=O) groups excluding carboxylic acids is 1. The molecule has 0 heterocycles. The van der Waals surface area contributed by atoms with Gasteiger partial charge in [-0.25, -0.2) is 4.39 Å². The van der Waals surface area contributed by atoms with Crippen molar-refractivity contribution < 1.29 is 18.7 Å². The molecule has 0 bridgehead atoms. The molecule has 2 rings (SSSR count). The lowest BCUT2D eigenvalue weighted by molar-refractivity contribution is 0.0953. The molecule has 1 N–H and O–H groups in total. The highest BCUT2D eigenvalue weighted by Gasteiger charge is 2.10. The van der Waals surface area contributed by atoms with Gasteiger partial charge >= 0.3 is 0 Å². The molecule has 0 aromatic heterocycles. The first-order valence-corrected chi connectivity index (χ1v) is 7.47. The van der Waals surface area contributed by atoms with Crippen molar-refractivity contribution in [1.29, 1.82) is 0 Å². The second-order valence-electron chi connectivity index (χ2n) is 4.93. The second kappa shape index (κ2) is 8.17.